The third-order valence-corrected chi connectivity index (χ3v) is 3.10. The molecule has 1 heterocycles. The van der Waals surface area contributed by atoms with E-state index in [1.54, 1.807) is 37.6 Å². The summed E-state index contributed by atoms with van der Waals surface area (Å²) in [5, 5.41) is 9.70. The molecular formula is C12H10N2O2S. The number of aromatic nitrogens is 2. The van der Waals surface area contributed by atoms with E-state index < -0.39 is 5.97 Å². The summed E-state index contributed by atoms with van der Waals surface area (Å²) in [4.78, 5) is 19.9. The summed E-state index contributed by atoms with van der Waals surface area (Å²) in [6, 6.07) is 5.22. The lowest BCUT2D eigenvalue weighted by molar-refractivity contribution is 0.0696. The highest BCUT2D eigenvalue weighted by Crippen LogP contribution is 2.26. The summed E-state index contributed by atoms with van der Waals surface area (Å²) in [6.07, 6.45) is 4.91. The van der Waals surface area contributed by atoms with Crippen LogP contribution in [0.4, 0.5) is 0 Å². The molecule has 1 N–H and O–H groups in total. The number of carbonyl (C=O) groups is 1. The van der Waals surface area contributed by atoms with Gasteiger partial charge in [-0.15, -0.1) is 0 Å². The lowest BCUT2D eigenvalue weighted by Gasteiger charge is -2.04. The molecule has 0 unspecified atom stereocenters. The van der Waals surface area contributed by atoms with E-state index in [-0.39, 0.29) is 0 Å². The van der Waals surface area contributed by atoms with Crippen LogP contribution < -0.4 is 0 Å². The molecule has 0 aliphatic rings. The normalized spacial score (nSPS) is 10.2. The van der Waals surface area contributed by atoms with Crippen LogP contribution in [0.5, 0.6) is 0 Å². The molecule has 1 aromatic carbocycles. The Balaban J connectivity index is 2.24. The number of aromatic carboxylic acids is 1. The molecule has 4 nitrogen and oxygen atoms in total. The molecule has 86 valence electrons. The lowest BCUT2D eigenvalue weighted by Crippen LogP contribution is -1.99. The minimum atomic E-state index is -0.904. The van der Waals surface area contributed by atoms with Crippen LogP contribution >= 0.6 is 11.8 Å². The zero-order valence-corrected chi connectivity index (χ0v) is 9.94. The first-order chi connectivity index (χ1) is 8.16. The molecule has 0 saturated heterocycles. The summed E-state index contributed by atoms with van der Waals surface area (Å²) in [5.41, 5.74) is 1.07. The van der Waals surface area contributed by atoms with E-state index in [9.17, 15) is 4.79 Å². The molecule has 0 fully saturated rings. The van der Waals surface area contributed by atoms with E-state index in [0.717, 1.165) is 15.5 Å². The van der Waals surface area contributed by atoms with Gasteiger partial charge >= 0.3 is 5.97 Å². The van der Waals surface area contributed by atoms with Gasteiger partial charge in [0.1, 0.15) is 5.03 Å². The predicted octanol–water partition coefficient (Wildman–Crippen LogP) is 2.63. The van der Waals surface area contributed by atoms with Crippen LogP contribution in [0.25, 0.3) is 0 Å². The van der Waals surface area contributed by atoms with Crippen LogP contribution in [0.2, 0.25) is 0 Å². The molecule has 1 aromatic heterocycles. The van der Waals surface area contributed by atoms with Crippen molar-refractivity contribution >= 4 is 17.7 Å². The van der Waals surface area contributed by atoms with Gasteiger partial charge in [0.05, 0.1) is 11.8 Å². The summed E-state index contributed by atoms with van der Waals surface area (Å²) in [6.45, 7) is 1.78. The first-order valence-electron chi connectivity index (χ1n) is 4.94. The van der Waals surface area contributed by atoms with Crippen molar-refractivity contribution in [1.82, 2.24) is 9.97 Å². The second kappa shape index (κ2) is 4.97. The number of hydrogen-bond donors (Lipinski definition) is 1. The Hall–Kier alpha value is -1.88. The van der Waals surface area contributed by atoms with Crippen LogP contribution in [0.3, 0.4) is 0 Å². The number of rotatable bonds is 3. The standard InChI is InChI=1S/C12H10N2O2S/c1-8-6-9(2-3-10(8)12(15)16)17-11-7-13-4-5-14-11/h2-7H,1H3,(H,15,16). The number of nitrogens with zero attached hydrogens (tertiary/aromatic N) is 2. The summed E-state index contributed by atoms with van der Waals surface area (Å²) >= 11 is 1.46. The molecule has 5 heteroatoms. The Labute approximate surface area is 103 Å². The SMILES string of the molecule is Cc1cc(Sc2cnccn2)ccc1C(=O)O. The van der Waals surface area contributed by atoms with Crippen molar-refractivity contribution in [2.24, 2.45) is 0 Å². The van der Waals surface area contributed by atoms with Gasteiger partial charge in [0.25, 0.3) is 0 Å². The van der Waals surface area contributed by atoms with Crippen molar-refractivity contribution in [3.8, 4) is 0 Å². The molecule has 0 radical (unpaired) electrons. The van der Waals surface area contributed by atoms with Gasteiger partial charge in [-0.25, -0.2) is 9.78 Å². The molecule has 0 aliphatic carbocycles. The first kappa shape index (κ1) is 11.6. The molecular weight excluding hydrogens is 236 g/mol. The Morgan fingerprint density at radius 1 is 1.35 bits per heavy atom. The van der Waals surface area contributed by atoms with Gasteiger partial charge < -0.3 is 5.11 Å². The molecule has 17 heavy (non-hydrogen) atoms. The average Bonchev–Trinajstić information content (AvgIpc) is 2.30. The van der Waals surface area contributed by atoms with Gasteiger partial charge in [0, 0.05) is 17.3 Å². The highest BCUT2D eigenvalue weighted by atomic mass is 32.2. The van der Waals surface area contributed by atoms with E-state index in [0.29, 0.717) is 5.56 Å². The second-order valence-corrected chi connectivity index (χ2v) is 4.52. The Kier molecular flexibility index (Phi) is 3.39. The number of hydrogen-bond acceptors (Lipinski definition) is 4. The fourth-order valence-electron chi connectivity index (χ4n) is 1.40. The van der Waals surface area contributed by atoms with Gasteiger partial charge in [-0.1, -0.05) is 11.8 Å². The summed E-state index contributed by atoms with van der Waals surface area (Å²) in [5.74, 6) is -0.904. The molecule has 0 spiro atoms. The maximum absolute atomic E-state index is 10.9. The summed E-state index contributed by atoms with van der Waals surface area (Å²) in [7, 11) is 0. The minimum Gasteiger partial charge on any atom is -0.478 e. The molecule has 0 aliphatic heterocycles. The number of carboxylic acids is 1. The van der Waals surface area contributed by atoms with E-state index in [4.69, 9.17) is 5.11 Å². The Bertz CT molecular complexity index is 543. The van der Waals surface area contributed by atoms with Crippen LogP contribution in [-0.2, 0) is 0 Å². The minimum absolute atomic E-state index is 0.327. The zero-order valence-electron chi connectivity index (χ0n) is 9.12. The van der Waals surface area contributed by atoms with E-state index >= 15 is 0 Å². The van der Waals surface area contributed by atoms with Gasteiger partial charge in [0.2, 0.25) is 0 Å². The first-order valence-corrected chi connectivity index (χ1v) is 5.76. The second-order valence-electron chi connectivity index (χ2n) is 3.43. The van der Waals surface area contributed by atoms with Gasteiger partial charge in [-0.05, 0) is 30.7 Å². The van der Waals surface area contributed by atoms with E-state index in [2.05, 4.69) is 9.97 Å². The predicted molar refractivity (Wildman–Crippen MR) is 64.3 cm³/mol. The van der Waals surface area contributed by atoms with Gasteiger partial charge in [0.15, 0.2) is 0 Å². The topological polar surface area (TPSA) is 63.1 Å². The smallest absolute Gasteiger partial charge is 0.335 e. The monoisotopic (exact) mass is 246 g/mol. The molecule has 0 bridgehead atoms. The fourth-order valence-corrected chi connectivity index (χ4v) is 2.24. The number of benzene rings is 1. The van der Waals surface area contributed by atoms with Crippen LogP contribution in [0.1, 0.15) is 15.9 Å². The number of carboxylic acid groups (broad SMARTS) is 1. The highest BCUT2D eigenvalue weighted by Gasteiger charge is 2.07. The van der Waals surface area contributed by atoms with Crippen molar-refractivity contribution in [3.05, 3.63) is 47.9 Å². The number of aryl methyl sites for hydroxylation is 1. The van der Waals surface area contributed by atoms with Gasteiger partial charge in [-0.2, -0.15) is 0 Å². The van der Waals surface area contributed by atoms with Crippen LogP contribution in [-0.4, -0.2) is 21.0 Å². The fraction of sp³-hybridized carbons (Fsp3) is 0.0833. The van der Waals surface area contributed by atoms with Gasteiger partial charge in [-0.3, -0.25) is 4.98 Å². The van der Waals surface area contributed by atoms with Crippen molar-refractivity contribution < 1.29 is 9.90 Å². The van der Waals surface area contributed by atoms with Crippen molar-refractivity contribution in [1.29, 1.82) is 0 Å². The molecule has 0 amide bonds. The van der Waals surface area contributed by atoms with E-state index in [1.165, 1.54) is 11.8 Å². The third-order valence-electron chi connectivity index (χ3n) is 2.19. The van der Waals surface area contributed by atoms with Crippen LogP contribution in [0.15, 0.2) is 46.7 Å². The maximum atomic E-state index is 10.9. The van der Waals surface area contributed by atoms with E-state index in [1.807, 2.05) is 6.07 Å². The molecule has 0 atom stereocenters. The zero-order chi connectivity index (χ0) is 12.3. The van der Waals surface area contributed by atoms with Crippen molar-refractivity contribution in [2.45, 2.75) is 16.8 Å². The highest BCUT2D eigenvalue weighted by molar-refractivity contribution is 7.99. The van der Waals surface area contributed by atoms with Crippen molar-refractivity contribution in [3.63, 3.8) is 0 Å². The molecule has 2 aromatic rings. The lowest BCUT2D eigenvalue weighted by atomic mass is 10.1. The molecule has 2 rings (SSSR count). The largest absolute Gasteiger partial charge is 0.478 e. The molecule has 0 saturated carbocycles. The maximum Gasteiger partial charge on any atom is 0.335 e. The van der Waals surface area contributed by atoms with Crippen molar-refractivity contribution in [2.75, 3.05) is 0 Å². The Morgan fingerprint density at radius 3 is 2.76 bits per heavy atom. The quantitative estimate of drug-likeness (QED) is 0.902. The average molecular weight is 246 g/mol. The Morgan fingerprint density at radius 2 is 2.18 bits per heavy atom. The summed E-state index contributed by atoms with van der Waals surface area (Å²) < 4.78 is 0. The third kappa shape index (κ3) is 2.82. The van der Waals surface area contributed by atoms with Crippen LogP contribution in [0, 0.1) is 6.92 Å².